The molecule has 9 heteroatoms. The molecule has 2 aromatic heterocycles. The van der Waals surface area contributed by atoms with Crippen LogP contribution in [-0.4, -0.2) is 36.2 Å². The highest BCUT2D eigenvalue weighted by molar-refractivity contribution is 7.90. The first-order valence-electron chi connectivity index (χ1n) is 10.2. The van der Waals surface area contributed by atoms with E-state index in [1.807, 2.05) is 35.9 Å². The molecule has 8 nitrogen and oxygen atoms in total. The summed E-state index contributed by atoms with van der Waals surface area (Å²) in [6.07, 6.45) is 6.36. The molecule has 0 saturated carbocycles. The topological polar surface area (TPSA) is 102 Å². The number of rotatable bonds is 8. The summed E-state index contributed by atoms with van der Waals surface area (Å²) in [6.45, 7) is 2.64. The molecule has 0 amide bonds. The molecule has 0 spiro atoms. The minimum absolute atomic E-state index is 0.160. The van der Waals surface area contributed by atoms with E-state index in [0.29, 0.717) is 30.8 Å². The Morgan fingerprint density at radius 3 is 2.84 bits per heavy atom. The predicted octanol–water partition coefficient (Wildman–Crippen LogP) is 2.99. The Kier molecular flexibility index (Phi) is 6.03. The third-order valence-electron chi connectivity index (χ3n) is 5.08. The van der Waals surface area contributed by atoms with E-state index in [1.54, 1.807) is 24.3 Å². The second-order valence-corrected chi connectivity index (χ2v) is 9.11. The van der Waals surface area contributed by atoms with Gasteiger partial charge in [-0.3, -0.25) is 14.5 Å². The number of imidazole rings is 1. The summed E-state index contributed by atoms with van der Waals surface area (Å²) in [6, 6.07) is 10.7. The first-order valence-corrected chi connectivity index (χ1v) is 11.7. The molecular weight excluding hydrogens is 416 g/mol. The molecule has 31 heavy (non-hydrogen) atoms. The number of fused-ring (bicyclic) bond motifs is 2. The first-order chi connectivity index (χ1) is 14.9. The van der Waals surface area contributed by atoms with Gasteiger partial charge in [0, 0.05) is 30.9 Å². The fourth-order valence-electron chi connectivity index (χ4n) is 3.50. The zero-order valence-corrected chi connectivity index (χ0v) is 18.1. The number of benzene rings is 1. The molecule has 0 fully saturated rings. The molecule has 0 atom stereocenters. The van der Waals surface area contributed by atoms with Crippen LogP contribution in [0.25, 0.3) is 5.65 Å². The minimum Gasteiger partial charge on any atom is -0.459 e. The maximum absolute atomic E-state index is 12.1. The number of unbranched alkanes of at least 4 members (excludes halogenated alkanes) is 2. The van der Waals surface area contributed by atoms with Crippen LogP contribution in [0.5, 0.6) is 0 Å². The van der Waals surface area contributed by atoms with E-state index < -0.39 is 10.0 Å². The zero-order chi connectivity index (χ0) is 21.8. The number of aromatic nitrogens is 2. The van der Waals surface area contributed by atoms with Crippen LogP contribution < -0.4 is 4.72 Å². The van der Waals surface area contributed by atoms with Gasteiger partial charge in [-0.1, -0.05) is 24.6 Å². The normalized spacial score (nSPS) is 15.7. The largest absolute Gasteiger partial charge is 0.459 e. The van der Waals surface area contributed by atoms with E-state index in [9.17, 15) is 13.2 Å². The Hall–Kier alpha value is -3.20. The molecular formula is C22H24N4O4S. The molecule has 0 bridgehead atoms. The average Bonchev–Trinajstić information content (AvgIpc) is 3.29. The van der Waals surface area contributed by atoms with Crippen LogP contribution in [0.1, 0.15) is 42.5 Å². The lowest BCUT2D eigenvalue weighted by Gasteiger charge is -2.03. The molecule has 1 aromatic carbocycles. The monoisotopic (exact) mass is 440 g/mol. The second kappa shape index (κ2) is 8.89. The van der Waals surface area contributed by atoms with Crippen molar-refractivity contribution in [3.63, 3.8) is 0 Å². The standard InChI is InChI=1S/C22H24N4O4S/c1-16-8-7-13-26-14-17(24-22(16)26)15-30-20(27)11-3-2-6-12-23-21-18-9-4-5-10-19(18)31(28,29)25-21/h4-5,7-10,13-14H,2-3,6,11-12,15H2,1H3,(H,23,25). The summed E-state index contributed by atoms with van der Waals surface area (Å²) in [5, 5.41) is 0. The molecule has 3 heterocycles. The number of carbonyl (C=O) groups is 1. The van der Waals surface area contributed by atoms with Crippen LogP contribution in [0.15, 0.2) is 58.7 Å². The first kappa shape index (κ1) is 21.0. The number of carbonyl (C=O) groups excluding carboxylic acids is 1. The van der Waals surface area contributed by atoms with Gasteiger partial charge in [0.25, 0.3) is 10.0 Å². The SMILES string of the molecule is Cc1cccn2cc(COC(=O)CCCCCN=C3NS(=O)(=O)c4ccccc43)nc12. The quantitative estimate of drug-likeness (QED) is 0.429. The molecule has 1 aliphatic rings. The number of nitrogens with zero attached hydrogens (tertiary/aromatic N) is 3. The van der Waals surface area contributed by atoms with E-state index in [0.717, 1.165) is 29.7 Å². The van der Waals surface area contributed by atoms with E-state index >= 15 is 0 Å². The summed E-state index contributed by atoms with van der Waals surface area (Å²) < 4.78 is 33.9. The van der Waals surface area contributed by atoms with Gasteiger partial charge in [-0.25, -0.2) is 13.4 Å². The summed E-state index contributed by atoms with van der Waals surface area (Å²) in [5.74, 6) is 0.135. The number of sulfonamides is 1. The van der Waals surface area contributed by atoms with E-state index in [4.69, 9.17) is 4.74 Å². The van der Waals surface area contributed by atoms with Crippen molar-refractivity contribution in [2.75, 3.05) is 6.54 Å². The van der Waals surface area contributed by atoms with Gasteiger partial charge in [0.1, 0.15) is 18.1 Å². The molecule has 0 aliphatic carbocycles. The van der Waals surface area contributed by atoms with Crippen LogP contribution in [0.3, 0.4) is 0 Å². The number of aryl methyl sites for hydroxylation is 1. The Balaban J connectivity index is 1.18. The summed E-state index contributed by atoms with van der Waals surface area (Å²) in [5.41, 5.74) is 3.26. The highest BCUT2D eigenvalue weighted by Gasteiger charge is 2.29. The Morgan fingerprint density at radius 1 is 1.16 bits per heavy atom. The Morgan fingerprint density at radius 2 is 2.00 bits per heavy atom. The lowest BCUT2D eigenvalue weighted by atomic mass is 10.2. The summed E-state index contributed by atoms with van der Waals surface area (Å²) in [7, 11) is -3.50. The van der Waals surface area contributed by atoms with Crippen molar-refractivity contribution in [2.45, 2.75) is 44.1 Å². The van der Waals surface area contributed by atoms with Crippen molar-refractivity contribution in [3.05, 3.63) is 65.6 Å². The molecule has 1 aliphatic heterocycles. The fraction of sp³-hybridized carbons (Fsp3) is 0.318. The third kappa shape index (κ3) is 4.77. The Bertz CT molecular complexity index is 1250. The number of aliphatic imine (C=N–C) groups is 1. The zero-order valence-electron chi connectivity index (χ0n) is 17.2. The van der Waals surface area contributed by atoms with Crippen molar-refractivity contribution in [2.24, 2.45) is 4.99 Å². The van der Waals surface area contributed by atoms with E-state index in [2.05, 4.69) is 14.7 Å². The van der Waals surface area contributed by atoms with Crippen molar-refractivity contribution >= 4 is 27.5 Å². The third-order valence-corrected chi connectivity index (χ3v) is 6.48. The second-order valence-electron chi connectivity index (χ2n) is 7.46. The number of hydrogen-bond donors (Lipinski definition) is 1. The van der Waals surface area contributed by atoms with Crippen LogP contribution in [0.4, 0.5) is 0 Å². The molecule has 1 N–H and O–H groups in total. The number of pyridine rings is 1. The molecule has 0 saturated heterocycles. The average molecular weight is 441 g/mol. The van der Waals surface area contributed by atoms with Gasteiger partial charge in [-0.05, 0) is 43.5 Å². The molecule has 3 aromatic rings. The van der Waals surface area contributed by atoms with Crippen molar-refractivity contribution in [1.29, 1.82) is 0 Å². The van der Waals surface area contributed by atoms with Gasteiger partial charge in [0.05, 0.1) is 10.6 Å². The van der Waals surface area contributed by atoms with Crippen molar-refractivity contribution in [1.82, 2.24) is 14.1 Å². The van der Waals surface area contributed by atoms with Gasteiger partial charge in [0.2, 0.25) is 0 Å². The number of nitrogens with one attached hydrogen (secondary N) is 1. The maximum atomic E-state index is 12.1. The number of hydrogen-bond acceptors (Lipinski definition) is 6. The van der Waals surface area contributed by atoms with Gasteiger partial charge in [-0.15, -0.1) is 0 Å². The van der Waals surface area contributed by atoms with Crippen molar-refractivity contribution in [3.8, 4) is 0 Å². The number of esters is 1. The number of ether oxygens (including phenoxy) is 1. The van der Waals surface area contributed by atoms with Crippen LogP contribution in [0.2, 0.25) is 0 Å². The number of amidine groups is 1. The summed E-state index contributed by atoms with van der Waals surface area (Å²) >= 11 is 0. The van der Waals surface area contributed by atoms with Gasteiger partial charge < -0.3 is 9.14 Å². The molecule has 4 rings (SSSR count). The summed E-state index contributed by atoms with van der Waals surface area (Å²) in [4.78, 5) is 21.1. The predicted molar refractivity (Wildman–Crippen MR) is 116 cm³/mol. The lowest BCUT2D eigenvalue weighted by molar-refractivity contribution is -0.145. The molecule has 0 unspecified atom stereocenters. The molecule has 0 radical (unpaired) electrons. The fourth-order valence-corrected chi connectivity index (χ4v) is 4.75. The lowest BCUT2D eigenvalue weighted by Crippen LogP contribution is -2.22. The van der Waals surface area contributed by atoms with Crippen LogP contribution in [0, 0.1) is 6.92 Å². The van der Waals surface area contributed by atoms with Gasteiger partial charge in [-0.2, -0.15) is 0 Å². The van der Waals surface area contributed by atoms with Crippen LogP contribution in [-0.2, 0) is 26.2 Å². The van der Waals surface area contributed by atoms with E-state index in [-0.39, 0.29) is 17.5 Å². The van der Waals surface area contributed by atoms with Crippen LogP contribution >= 0.6 is 0 Å². The van der Waals surface area contributed by atoms with Gasteiger partial charge in [0.15, 0.2) is 0 Å². The van der Waals surface area contributed by atoms with Gasteiger partial charge >= 0.3 is 5.97 Å². The molecule has 162 valence electrons. The Labute approximate surface area is 181 Å². The smallest absolute Gasteiger partial charge is 0.306 e. The van der Waals surface area contributed by atoms with E-state index in [1.165, 1.54) is 0 Å². The minimum atomic E-state index is -3.50. The highest BCUT2D eigenvalue weighted by Crippen LogP contribution is 2.22. The maximum Gasteiger partial charge on any atom is 0.306 e. The van der Waals surface area contributed by atoms with Crippen molar-refractivity contribution < 1.29 is 17.9 Å². The highest BCUT2D eigenvalue weighted by atomic mass is 32.2.